The van der Waals surface area contributed by atoms with E-state index >= 15 is 0 Å². The highest BCUT2D eigenvalue weighted by atomic mass is 35.5. The van der Waals surface area contributed by atoms with E-state index in [1.807, 2.05) is 12.1 Å². The summed E-state index contributed by atoms with van der Waals surface area (Å²) in [4.78, 5) is 37.7. The fraction of sp³-hybridized carbons (Fsp3) is 0.318. The van der Waals surface area contributed by atoms with E-state index in [9.17, 15) is 22.8 Å². The molecule has 2 aromatic rings. The van der Waals surface area contributed by atoms with Crippen LogP contribution < -0.4 is 9.62 Å². The number of carbonyl (C=O) groups is 3. The van der Waals surface area contributed by atoms with E-state index in [1.54, 1.807) is 12.1 Å². The number of sulfonamides is 1. The molecular weight excluding hydrogens is 470 g/mol. The van der Waals surface area contributed by atoms with Gasteiger partial charge in [-0.1, -0.05) is 29.8 Å². The molecule has 1 N–H and O–H groups in total. The van der Waals surface area contributed by atoms with Crippen molar-refractivity contribution < 1.29 is 27.5 Å². The summed E-state index contributed by atoms with van der Waals surface area (Å²) >= 11 is 6.15. The molecule has 2 heterocycles. The quantitative estimate of drug-likeness (QED) is 0.643. The van der Waals surface area contributed by atoms with Crippen molar-refractivity contribution in [2.24, 2.45) is 0 Å². The third kappa shape index (κ3) is 4.40. The third-order valence-corrected chi connectivity index (χ3v) is 7.71. The molecule has 0 spiro atoms. The van der Waals surface area contributed by atoms with E-state index in [0.29, 0.717) is 25.2 Å². The number of carbonyl (C=O) groups excluding carboxylic acids is 3. The minimum atomic E-state index is -3.97. The van der Waals surface area contributed by atoms with Crippen molar-refractivity contribution in [1.29, 1.82) is 0 Å². The van der Waals surface area contributed by atoms with Gasteiger partial charge in [0.2, 0.25) is 0 Å². The van der Waals surface area contributed by atoms with E-state index in [-0.39, 0.29) is 22.0 Å². The molecule has 1 saturated heterocycles. The van der Waals surface area contributed by atoms with Crippen LogP contribution in [0.1, 0.15) is 29.3 Å². The first-order chi connectivity index (χ1) is 15.7. The molecule has 1 fully saturated rings. The number of ether oxygens (including phenoxy) is 1. The van der Waals surface area contributed by atoms with Gasteiger partial charge in [0, 0.05) is 19.6 Å². The molecule has 0 bridgehead atoms. The van der Waals surface area contributed by atoms with E-state index in [4.69, 9.17) is 16.3 Å². The van der Waals surface area contributed by atoms with Crippen molar-refractivity contribution in [3.63, 3.8) is 0 Å². The fourth-order valence-corrected chi connectivity index (χ4v) is 5.64. The lowest BCUT2D eigenvalue weighted by atomic mass is 10.0. The zero-order valence-electron chi connectivity index (χ0n) is 17.8. The van der Waals surface area contributed by atoms with Crippen LogP contribution in [0.3, 0.4) is 0 Å². The second-order valence-electron chi connectivity index (χ2n) is 7.72. The van der Waals surface area contributed by atoms with Crippen molar-refractivity contribution in [1.82, 2.24) is 10.2 Å². The number of para-hydroxylation sites is 1. The van der Waals surface area contributed by atoms with Gasteiger partial charge in [0.25, 0.3) is 15.9 Å². The standard InChI is InChI=1S/C22H22ClN3O6S/c1-14(20(27)25-12-10-24-22(25)29)32-21(28)17-13-16(8-9-18(17)23)33(30,31)26-11-4-6-15-5-2-3-7-19(15)26/h2-3,5,7-9,13-14H,4,6,10-12H2,1H3,(H,24,29). The topological polar surface area (TPSA) is 113 Å². The number of amides is 3. The highest BCUT2D eigenvalue weighted by Crippen LogP contribution is 2.33. The number of hydrogen-bond donors (Lipinski definition) is 1. The Labute approximate surface area is 196 Å². The van der Waals surface area contributed by atoms with Crippen LogP contribution in [0.4, 0.5) is 10.5 Å². The SMILES string of the molecule is CC(OC(=O)c1cc(S(=O)(=O)N2CCCc3ccccc32)ccc1Cl)C(=O)N1CCNC1=O. The largest absolute Gasteiger partial charge is 0.449 e. The number of hydrogen-bond acceptors (Lipinski definition) is 6. The zero-order chi connectivity index (χ0) is 23.8. The van der Waals surface area contributed by atoms with Crippen molar-refractivity contribution in [3.05, 3.63) is 58.6 Å². The summed E-state index contributed by atoms with van der Waals surface area (Å²) in [6.45, 7) is 2.14. The van der Waals surface area contributed by atoms with E-state index in [0.717, 1.165) is 23.0 Å². The Morgan fingerprint density at radius 1 is 1.15 bits per heavy atom. The molecule has 11 heteroatoms. The highest BCUT2D eigenvalue weighted by Gasteiger charge is 2.33. The maximum absolute atomic E-state index is 13.4. The van der Waals surface area contributed by atoms with Gasteiger partial charge in [0.15, 0.2) is 6.10 Å². The molecule has 3 amide bonds. The Morgan fingerprint density at radius 3 is 2.64 bits per heavy atom. The lowest BCUT2D eigenvalue weighted by Crippen LogP contribution is -2.41. The van der Waals surface area contributed by atoms with Gasteiger partial charge in [-0.3, -0.25) is 14.0 Å². The first-order valence-corrected chi connectivity index (χ1v) is 12.2. The van der Waals surface area contributed by atoms with Gasteiger partial charge >= 0.3 is 12.0 Å². The van der Waals surface area contributed by atoms with E-state index in [1.165, 1.54) is 23.4 Å². The Hall–Kier alpha value is -3.11. The van der Waals surface area contributed by atoms with Crippen molar-refractivity contribution in [3.8, 4) is 0 Å². The molecule has 0 radical (unpaired) electrons. The van der Waals surface area contributed by atoms with Crippen LogP contribution in [0.25, 0.3) is 0 Å². The number of halogens is 1. The summed E-state index contributed by atoms with van der Waals surface area (Å²) in [5.74, 6) is -1.64. The summed E-state index contributed by atoms with van der Waals surface area (Å²) in [7, 11) is -3.97. The van der Waals surface area contributed by atoms with Crippen molar-refractivity contribution in [2.75, 3.05) is 23.9 Å². The Bertz CT molecular complexity index is 1230. The molecule has 2 aliphatic rings. The summed E-state index contributed by atoms with van der Waals surface area (Å²) in [5.41, 5.74) is 1.35. The van der Waals surface area contributed by atoms with Crippen LogP contribution >= 0.6 is 11.6 Å². The minimum Gasteiger partial charge on any atom is -0.449 e. The van der Waals surface area contributed by atoms with Crippen LogP contribution in [0.5, 0.6) is 0 Å². The molecule has 1 unspecified atom stereocenters. The van der Waals surface area contributed by atoms with Gasteiger partial charge < -0.3 is 10.1 Å². The Kier molecular flexibility index (Phi) is 6.31. The normalized spacial score (nSPS) is 16.7. The number of nitrogens with one attached hydrogen (secondary N) is 1. The molecule has 174 valence electrons. The number of anilines is 1. The molecular formula is C22H22ClN3O6S. The smallest absolute Gasteiger partial charge is 0.340 e. The first-order valence-electron chi connectivity index (χ1n) is 10.4. The van der Waals surface area contributed by atoms with Crippen LogP contribution in [-0.2, 0) is 26.0 Å². The second kappa shape index (κ2) is 9.03. The molecule has 0 saturated carbocycles. The van der Waals surface area contributed by atoms with Gasteiger partial charge in [-0.15, -0.1) is 0 Å². The van der Waals surface area contributed by atoms with Crippen LogP contribution in [0, 0.1) is 0 Å². The summed E-state index contributed by atoms with van der Waals surface area (Å²) in [5, 5.41) is 2.48. The molecule has 0 aliphatic carbocycles. The van der Waals surface area contributed by atoms with Crippen molar-refractivity contribution in [2.45, 2.75) is 30.8 Å². The predicted octanol–water partition coefficient (Wildman–Crippen LogP) is 2.58. The molecule has 2 aliphatic heterocycles. The molecule has 0 aromatic heterocycles. The van der Waals surface area contributed by atoms with E-state index < -0.39 is 34.0 Å². The number of esters is 1. The summed E-state index contributed by atoms with van der Waals surface area (Å²) < 4.78 is 33.3. The number of benzene rings is 2. The number of fused-ring (bicyclic) bond motifs is 1. The highest BCUT2D eigenvalue weighted by molar-refractivity contribution is 7.92. The van der Waals surface area contributed by atoms with Crippen molar-refractivity contribution >= 4 is 45.2 Å². The monoisotopic (exact) mass is 491 g/mol. The fourth-order valence-electron chi connectivity index (χ4n) is 3.87. The Balaban J connectivity index is 1.58. The van der Waals surface area contributed by atoms with Crippen LogP contribution in [0.15, 0.2) is 47.4 Å². The lowest BCUT2D eigenvalue weighted by molar-refractivity contribution is -0.136. The first kappa shape index (κ1) is 23.1. The number of urea groups is 1. The van der Waals surface area contributed by atoms with Gasteiger partial charge in [-0.2, -0.15) is 0 Å². The van der Waals surface area contributed by atoms with Gasteiger partial charge in [-0.05, 0) is 49.6 Å². The second-order valence-corrected chi connectivity index (χ2v) is 9.99. The van der Waals surface area contributed by atoms with Gasteiger partial charge in [0.1, 0.15) is 0 Å². The van der Waals surface area contributed by atoms with Gasteiger partial charge in [0.05, 0.1) is 21.2 Å². The number of imide groups is 1. The van der Waals surface area contributed by atoms with Crippen LogP contribution in [-0.4, -0.2) is 57.0 Å². The third-order valence-electron chi connectivity index (χ3n) is 5.57. The molecule has 4 rings (SSSR count). The molecule has 2 aromatic carbocycles. The number of aryl methyl sites for hydroxylation is 1. The predicted molar refractivity (Wildman–Crippen MR) is 121 cm³/mol. The lowest BCUT2D eigenvalue weighted by Gasteiger charge is -2.30. The maximum atomic E-state index is 13.4. The molecule has 33 heavy (non-hydrogen) atoms. The molecule has 9 nitrogen and oxygen atoms in total. The number of nitrogens with zero attached hydrogens (tertiary/aromatic N) is 2. The number of rotatable bonds is 5. The van der Waals surface area contributed by atoms with Crippen LogP contribution in [0.2, 0.25) is 5.02 Å². The Morgan fingerprint density at radius 2 is 1.91 bits per heavy atom. The minimum absolute atomic E-state index is 0.0171. The molecule has 1 atom stereocenters. The van der Waals surface area contributed by atoms with E-state index in [2.05, 4.69) is 5.32 Å². The maximum Gasteiger partial charge on any atom is 0.340 e. The summed E-state index contributed by atoms with van der Waals surface area (Å²) in [6, 6.07) is 10.5. The van der Waals surface area contributed by atoms with Gasteiger partial charge in [-0.25, -0.2) is 18.0 Å². The average Bonchev–Trinajstić information content (AvgIpc) is 3.23. The summed E-state index contributed by atoms with van der Waals surface area (Å²) in [6.07, 6.45) is 0.190. The average molecular weight is 492 g/mol. The zero-order valence-corrected chi connectivity index (χ0v) is 19.4.